The molecule has 0 bridgehead atoms. The number of rotatable bonds is 6. The van der Waals surface area contributed by atoms with Crippen molar-refractivity contribution >= 4 is 11.8 Å². The van der Waals surface area contributed by atoms with E-state index in [2.05, 4.69) is 28.5 Å². The van der Waals surface area contributed by atoms with Crippen LogP contribution in [0.5, 0.6) is 0 Å². The van der Waals surface area contributed by atoms with Crippen molar-refractivity contribution in [1.82, 2.24) is 15.2 Å². The third kappa shape index (κ3) is 4.53. The molecule has 2 heterocycles. The molecule has 2 amide bonds. The van der Waals surface area contributed by atoms with Gasteiger partial charge in [0.25, 0.3) is 5.91 Å². The van der Waals surface area contributed by atoms with Crippen molar-refractivity contribution in [1.29, 1.82) is 0 Å². The first-order valence-corrected chi connectivity index (χ1v) is 12.8. The topological polar surface area (TPSA) is 71.5 Å². The van der Waals surface area contributed by atoms with Crippen LogP contribution in [0.2, 0.25) is 0 Å². The maximum atomic E-state index is 13.2. The van der Waals surface area contributed by atoms with Crippen molar-refractivity contribution in [3.63, 3.8) is 0 Å². The molecule has 1 N–H and O–H groups in total. The van der Waals surface area contributed by atoms with Crippen LogP contribution in [0.4, 0.5) is 0 Å². The van der Waals surface area contributed by atoms with Crippen LogP contribution >= 0.6 is 0 Å². The van der Waals surface area contributed by atoms with Crippen LogP contribution in [0.1, 0.15) is 64.8 Å². The largest absolute Gasteiger partial charge is 0.370 e. The molecule has 2 atom stereocenters. The molecule has 0 radical (unpaired) electrons. The number of likely N-dealkylation sites (tertiary alicyclic amines) is 1. The first-order valence-electron chi connectivity index (χ1n) is 12.8. The molecular weight excluding hydrogens is 450 g/mol. The van der Waals surface area contributed by atoms with Crippen molar-refractivity contribution in [2.24, 2.45) is 0 Å². The number of piperidine rings is 1. The van der Waals surface area contributed by atoms with Gasteiger partial charge in [0.15, 0.2) is 0 Å². The summed E-state index contributed by atoms with van der Waals surface area (Å²) < 4.78 is 6.66. The van der Waals surface area contributed by atoms with E-state index < -0.39 is 0 Å². The number of nitrogens with zero attached hydrogens (tertiary/aromatic N) is 2. The van der Waals surface area contributed by atoms with E-state index in [-0.39, 0.29) is 29.4 Å². The van der Waals surface area contributed by atoms with E-state index in [0.717, 1.165) is 35.1 Å². The Morgan fingerprint density at radius 2 is 1.81 bits per heavy atom. The molecule has 0 unspecified atom stereocenters. The molecule has 6 nitrogen and oxygen atoms in total. The minimum Gasteiger partial charge on any atom is -0.370 e. The van der Waals surface area contributed by atoms with Crippen LogP contribution in [0.25, 0.3) is 0 Å². The summed E-state index contributed by atoms with van der Waals surface area (Å²) in [5.41, 5.74) is 4.92. The number of carbonyl (C=O) groups excluding carboxylic acids is 2. The molecule has 1 saturated heterocycles. The van der Waals surface area contributed by atoms with Gasteiger partial charge in [0, 0.05) is 42.9 Å². The molecule has 1 spiro atoms. The lowest BCUT2D eigenvalue weighted by Gasteiger charge is -2.44. The summed E-state index contributed by atoms with van der Waals surface area (Å²) in [6, 6.07) is 19.8. The SMILES string of the molecule is CCC(=O)N[C@@H]1c2ccccc2C2(CCN(C(=O)c3ccc(C)cc3)CC2)[C@H]1OCc1cccnc1. The van der Waals surface area contributed by atoms with Gasteiger partial charge >= 0.3 is 0 Å². The first-order chi connectivity index (χ1) is 17.5. The molecule has 2 aliphatic rings. The molecule has 2 aromatic carbocycles. The van der Waals surface area contributed by atoms with Gasteiger partial charge < -0.3 is 15.0 Å². The Labute approximate surface area is 212 Å². The maximum Gasteiger partial charge on any atom is 0.253 e. The summed E-state index contributed by atoms with van der Waals surface area (Å²) in [6.45, 7) is 5.59. The van der Waals surface area contributed by atoms with Gasteiger partial charge in [-0.2, -0.15) is 0 Å². The Morgan fingerprint density at radius 3 is 2.50 bits per heavy atom. The number of hydrogen-bond donors (Lipinski definition) is 1. The summed E-state index contributed by atoms with van der Waals surface area (Å²) in [7, 11) is 0. The lowest BCUT2D eigenvalue weighted by molar-refractivity contribution is -0.123. The molecular formula is C30H33N3O3. The molecule has 6 heteroatoms. The number of carbonyl (C=O) groups is 2. The van der Waals surface area contributed by atoms with E-state index in [1.807, 2.05) is 67.4 Å². The third-order valence-electron chi connectivity index (χ3n) is 7.71. The molecule has 186 valence electrons. The van der Waals surface area contributed by atoms with Crippen LogP contribution in [0, 0.1) is 6.92 Å². The highest BCUT2D eigenvalue weighted by atomic mass is 16.5. The molecule has 36 heavy (non-hydrogen) atoms. The lowest BCUT2D eigenvalue weighted by atomic mass is 9.71. The van der Waals surface area contributed by atoms with E-state index in [0.29, 0.717) is 26.1 Å². The van der Waals surface area contributed by atoms with E-state index in [9.17, 15) is 9.59 Å². The van der Waals surface area contributed by atoms with Gasteiger partial charge in [-0.25, -0.2) is 0 Å². The Bertz CT molecular complexity index is 1220. The van der Waals surface area contributed by atoms with Crippen LogP contribution in [-0.4, -0.2) is 40.9 Å². The normalized spacial score (nSPS) is 20.2. The van der Waals surface area contributed by atoms with Crippen molar-refractivity contribution < 1.29 is 14.3 Å². The predicted molar refractivity (Wildman–Crippen MR) is 138 cm³/mol. The fourth-order valence-electron chi connectivity index (χ4n) is 5.75. The van der Waals surface area contributed by atoms with Crippen LogP contribution < -0.4 is 5.32 Å². The molecule has 1 aliphatic heterocycles. The molecule has 1 aliphatic carbocycles. The number of ether oxygens (including phenoxy) is 1. The zero-order chi connectivity index (χ0) is 25.1. The lowest BCUT2D eigenvalue weighted by Crippen LogP contribution is -2.52. The number of fused-ring (bicyclic) bond motifs is 2. The second-order valence-corrected chi connectivity index (χ2v) is 9.89. The molecule has 1 aromatic heterocycles. The highest BCUT2D eigenvalue weighted by Crippen LogP contribution is 2.52. The zero-order valence-corrected chi connectivity index (χ0v) is 20.9. The zero-order valence-electron chi connectivity index (χ0n) is 20.9. The smallest absolute Gasteiger partial charge is 0.253 e. The monoisotopic (exact) mass is 483 g/mol. The van der Waals surface area contributed by atoms with Gasteiger partial charge in [-0.05, 0) is 54.7 Å². The van der Waals surface area contributed by atoms with Gasteiger partial charge in [-0.1, -0.05) is 55.0 Å². The van der Waals surface area contributed by atoms with Gasteiger partial charge in [-0.3, -0.25) is 14.6 Å². The molecule has 0 saturated carbocycles. The highest BCUT2D eigenvalue weighted by molar-refractivity contribution is 5.94. The summed E-state index contributed by atoms with van der Waals surface area (Å²) >= 11 is 0. The standard InChI is InChI=1S/C30H33N3O3/c1-3-26(34)32-27-24-8-4-5-9-25(24)30(28(27)36-20-22-7-6-16-31-19-22)14-17-33(18-15-30)29(35)23-12-10-21(2)11-13-23/h4-13,16,19,27-28H,3,14-15,17-18,20H2,1-2H3,(H,32,34)/t27-,28+/m1/s1. The second kappa shape index (κ2) is 10.2. The predicted octanol–water partition coefficient (Wildman–Crippen LogP) is 4.73. The number of benzene rings is 2. The number of aryl methyl sites for hydroxylation is 1. The van der Waals surface area contributed by atoms with Gasteiger partial charge in [-0.15, -0.1) is 0 Å². The Kier molecular flexibility index (Phi) is 6.88. The van der Waals surface area contributed by atoms with E-state index in [4.69, 9.17) is 4.74 Å². The number of hydrogen-bond acceptors (Lipinski definition) is 4. The van der Waals surface area contributed by atoms with Crippen molar-refractivity contribution in [3.05, 3.63) is 101 Å². The minimum atomic E-state index is -0.283. The number of amides is 2. The van der Waals surface area contributed by atoms with Crippen LogP contribution in [-0.2, 0) is 21.6 Å². The van der Waals surface area contributed by atoms with E-state index >= 15 is 0 Å². The first kappa shape index (κ1) is 24.2. The summed E-state index contributed by atoms with van der Waals surface area (Å²) in [5, 5.41) is 3.25. The van der Waals surface area contributed by atoms with E-state index in [1.54, 1.807) is 6.20 Å². The summed E-state index contributed by atoms with van der Waals surface area (Å²) in [6.07, 6.45) is 5.30. The average Bonchev–Trinajstić information content (AvgIpc) is 3.16. The van der Waals surface area contributed by atoms with Crippen molar-refractivity contribution in [3.8, 4) is 0 Å². The molecule has 1 fully saturated rings. The van der Waals surface area contributed by atoms with E-state index in [1.165, 1.54) is 5.56 Å². The van der Waals surface area contributed by atoms with Crippen LogP contribution in [0.3, 0.4) is 0 Å². The molecule has 5 rings (SSSR count). The van der Waals surface area contributed by atoms with Gasteiger partial charge in [0.1, 0.15) is 0 Å². The van der Waals surface area contributed by atoms with Gasteiger partial charge in [0.2, 0.25) is 5.91 Å². The number of aromatic nitrogens is 1. The second-order valence-electron chi connectivity index (χ2n) is 9.89. The fraction of sp³-hybridized carbons (Fsp3) is 0.367. The fourth-order valence-corrected chi connectivity index (χ4v) is 5.75. The van der Waals surface area contributed by atoms with Crippen molar-refractivity contribution in [2.45, 2.75) is 57.3 Å². The number of nitrogens with one attached hydrogen (secondary N) is 1. The Morgan fingerprint density at radius 1 is 1.06 bits per heavy atom. The van der Waals surface area contributed by atoms with Gasteiger partial charge in [0.05, 0.1) is 18.8 Å². The summed E-state index contributed by atoms with van der Waals surface area (Å²) in [4.78, 5) is 32.0. The highest BCUT2D eigenvalue weighted by Gasteiger charge is 2.54. The Balaban J connectivity index is 1.43. The average molecular weight is 484 g/mol. The quantitative estimate of drug-likeness (QED) is 0.550. The maximum absolute atomic E-state index is 13.2. The Hall–Kier alpha value is -3.51. The molecule has 3 aromatic rings. The van der Waals surface area contributed by atoms with Crippen LogP contribution in [0.15, 0.2) is 73.1 Å². The minimum absolute atomic E-state index is 0.00816. The number of pyridine rings is 1. The van der Waals surface area contributed by atoms with Crippen molar-refractivity contribution in [2.75, 3.05) is 13.1 Å². The summed E-state index contributed by atoms with van der Waals surface area (Å²) in [5.74, 6) is 0.0774. The third-order valence-corrected chi connectivity index (χ3v) is 7.71.